The lowest BCUT2D eigenvalue weighted by atomic mass is 10.1. The van der Waals surface area contributed by atoms with E-state index in [0.29, 0.717) is 0 Å². The summed E-state index contributed by atoms with van der Waals surface area (Å²) in [5.74, 6) is -0.677. The maximum Gasteiger partial charge on any atom is 0.414 e. The third-order valence-electron chi connectivity index (χ3n) is 2.27. The van der Waals surface area contributed by atoms with Gasteiger partial charge in [0.2, 0.25) is 0 Å². The summed E-state index contributed by atoms with van der Waals surface area (Å²) in [6.45, 7) is 1.87. The molecule has 0 fully saturated rings. The Labute approximate surface area is 92.1 Å². The Morgan fingerprint density at radius 1 is 1.44 bits per heavy atom. The molecule has 0 aromatic carbocycles. The first-order chi connectivity index (χ1) is 7.17. The minimum Gasteiger partial charge on any atom is -0.468 e. The number of ether oxygens (including phenoxy) is 2. The molecule has 4 nitrogen and oxygen atoms in total. The Morgan fingerprint density at radius 3 is 2.25 bits per heavy atom. The average molecular weight is 243 g/mol. The van der Waals surface area contributed by atoms with Crippen LogP contribution in [-0.2, 0) is 14.3 Å². The third-order valence-corrected chi connectivity index (χ3v) is 2.27. The summed E-state index contributed by atoms with van der Waals surface area (Å²) >= 11 is 0. The van der Waals surface area contributed by atoms with Gasteiger partial charge >= 0.3 is 12.1 Å². The summed E-state index contributed by atoms with van der Waals surface area (Å²) < 4.78 is 45.5. The van der Waals surface area contributed by atoms with E-state index in [0.717, 1.165) is 14.0 Å². The molecule has 0 saturated carbocycles. The van der Waals surface area contributed by atoms with E-state index in [-0.39, 0.29) is 0 Å². The molecule has 0 heterocycles. The van der Waals surface area contributed by atoms with Crippen LogP contribution in [0.4, 0.5) is 13.2 Å². The highest BCUT2D eigenvalue weighted by molar-refractivity contribution is 5.80. The van der Waals surface area contributed by atoms with Gasteiger partial charge in [0.05, 0.1) is 13.7 Å². The van der Waals surface area contributed by atoms with E-state index >= 15 is 0 Å². The molecule has 1 N–H and O–H groups in total. The first-order valence-electron chi connectivity index (χ1n) is 4.63. The van der Waals surface area contributed by atoms with Crippen LogP contribution in [0, 0.1) is 0 Å². The molecule has 0 radical (unpaired) electrons. The van der Waals surface area contributed by atoms with E-state index < -0.39 is 30.4 Å². The predicted molar refractivity (Wildman–Crippen MR) is 50.9 cm³/mol. The summed E-state index contributed by atoms with van der Waals surface area (Å²) in [6.07, 6.45) is -6.37. The van der Waals surface area contributed by atoms with Crippen molar-refractivity contribution < 1.29 is 27.4 Å². The van der Waals surface area contributed by atoms with E-state index in [2.05, 4.69) is 14.8 Å². The minimum absolute atomic E-state index is 0.420. The van der Waals surface area contributed by atoms with Gasteiger partial charge in [-0.2, -0.15) is 13.2 Å². The Morgan fingerprint density at radius 2 is 1.94 bits per heavy atom. The summed E-state index contributed by atoms with van der Waals surface area (Å²) in [7, 11) is 2.60. The van der Waals surface area contributed by atoms with Crippen molar-refractivity contribution in [2.75, 3.05) is 20.8 Å². The van der Waals surface area contributed by atoms with Gasteiger partial charge in [-0.1, -0.05) is 0 Å². The number of esters is 1. The standard InChI is InChI=1S/C9H16F3NO3/c1-6(9(10,11)12)16-5-8(2,13-3)7(14)15-4/h6,13H,5H2,1-4H3. The Kier molecular flexibility index (Phi) is 5.21. The smallest absolute Gasteiger partial charge is 0.414 e. The molecule has 0 amide bonds. The quantitative estimate of drug-likeness (QED) is 0.735. The van der Waals surface area contributed by atoms with Gasteiger partial charge in [-0.05, 0) is 20.9 Å². The van der Waals surface area contributed by atoms with Gasteiger partial charge in [-0.25, -0.2) is 4.79 Å². The monoisotopic (exact) mass is 243 g/mol. The molecule has 0 aliphatic rings. The number of halogens is 3. The summed E-state index contributed by atoms with van der Waals surface area (Å²) in [5.41, 5.74) is -1.28. The predicted octanol–water partition coefficient (Wildman–Crippen LogP) is 1.10. The average Bonchev–Trinajstić information content (AvgIpc) is 2.22. The third kappa shape index (κ3) is 3.97. The van der Waals surface area contributed by atoms with Gasteiger partial charge in [0.25, 0.3) is 0 Å². The van der Waals surface area contributed by atoms with Crippen LogP contribution in [0.15, 0.2) is 0 Å². The zero-order valence-corrected chi connectivity index (χ0v) is 9.64. The van der Waals surface area contributed by atoms with E-state index in [4.69, 9.17) is 0 Å². The topological polar surface area (TPSA) is 47.6 Å². The lowest BCUT2D eigenvalue weighted by molar-refractivity contribution is -0.219. The molecule has 0 aliphatic carbocycles. The highest BCUT2D eigenvalue weighted by Crippen LogP contribution is 2.23. The zero-order valence-electron chi connectivity index (χ0n) is 9.64. The molecule has 0 aromatic heterocycles. The first-order valence-corrected chi connectivity index (χ1v) is 4.63. The van der Waals surface area contributed by atoms with Gasteiger partial charge < -0.3 is 14.8 Å². The van der Waals surface area contributed by atoms with Crippen LogP contribution >= 0.6 is 0 Å². The Balaban J connectivity index is 4.41. The number of carbonyl (C=O) groups excluding carboxylic acids is 1. The van der Waals surface area contributed by atoms with Crippen molar-refractivity contribution in [1.29, 1.82) is 0 Å². The van der Waals surface area contributed by atoms with Crippen molar-refractivity contribution in [3.05, 3.63) is 0 Å². The number of carbonyl (C=O) groups is 1. The minimum atomic E-state index is -4.44. The lowest BCUT2D eigenvalue weighted by Crippen LogP contribution is -2.53. The summed E-state index contributed by atoms with van der Waals surface area (Å²) in [4.78, 5) is 11.3. The van der Waals surface area contributed by atoms with E-state index in [1.807, 2.05) is 0 Å². The fourth-order valence-corrected chi connectivity index (χ4v) is 0.845. The molecule has 0 rings (SSSR count). The molecule has 0 spiro atoms. The van der Waals surface area contributed by atoms with Crippen LogP contribution in [0.3, 0.4) is 0 Å². The maximum atomic E-state index is 12.1. The summed E-state index contributed by atoms with van der Waals surface area (Å²) in [5, 5.41) is 2.57. The highest BCUT2D eigenvalue weighted by Gasteiger charge is 2.40. The maximum absolute atomic E-state index is 12.1. The van der Waals surface area contributed by atoms with E-state index in [9.17, 15) is 18.0 Å². The van der Waals surface area contributed by atoms with Gasteiger partial charge in [-0.15, -0.1) is 0 Å². The number of hydrogen-bond donors (Lipinski definition) is 1. The molecule has 0 aromatic rings. The fraction of sp³-hybridized carbons (Fsp3) is 0.889. The molecule has 2 unspecified atom stereocenters. The normalized spacial score (nSPS) is 17.7. The van der Waals surface area contributed by atoms with Crippen LogP contribution in [0.25, 0.3) is 0 Å². The fourth-order valence-electron chi connectivity index (χ4n) is 0.845. The van der Waals surface area contributed by atoms with Crippen LogP contribution in [0.5, 0.6) is 0 Å². The number of methoxy groups -OCH3 is 1. The molecule has 16 heavy (non-hydrogen) atoms. The van der Waals surface area contributed by atoms with Gasteiger partial charge in [0.15, 0.2) is 6.10 Å². The second kappa shape index (κ2) is 5.49. The number of hydrogen-bond acceptors (Lipinski definition) is 4. The van der Waals surface area contributed by atoms with Gasteiger partial charge in [-0.3, -0.25) is 0 Å². The Hall–Kier alpha value is -0.820. The second-order valence-corrected chi connectivity index (χ2v) is 3.57. The van der Waals surface area contributed by atoms with Crippen molar-refractivity contribution in [2.45, 2.75) is 31.7 Å². The zero-order chi connectivity index (χ0) is 13.0. The molecule has 7 heteroatoms. The van der Waals surface area contributed by atoms with Crippen molar-refractivity contribution in [3.63, 3.8) is 0 Å². The molecule has 0 aliphatic heterocycles. The SMILES string of the molecule is CNC(C)(COC(C)C(F)(F)F)C(=O)OC. The van der Waals surface area contributed by atoms with Crippen LogP contribution in [0.2, 0.25) is 0 Å². The number of rotatable bonds is 5. The molecular weight excluding hydrogens is 227 g/mol. The van der Waals surface area contributed by atoms with Gasteiger partial charge in [0.1, 0.15) is 5.54 Å². The lowest BCUT2D eigenvalue weighted by Gasteiger charge is -2.28. The molecular formula is C9H16F3NO3. The van der Waals surface area contributed by atoms with Crippen LogP contribution < -0.4 is 5.32 Å². The highest BCUT2D eigenvalue weighted by atomic mass is 19.4. The molecule has 0 saturated heterocycles. The van der Waals surface area contributed by atoms with E-state index in [1.54, 1.807) is 0 Å². The molecule has 0 bridgehead atoms. The number of alkyl halides is 3. The van der Waals surface area contributed by atoms with E-state index in [1.165, 1.54) is 14.0 Å². The second-order valence-electron chi connectivity index (χ2n) is 3.57. The number of likely N-dealkylation sites (N-methyl/N-ethyl adjacent to an activating group) is 1. The van der Waals surface area contributed by atoms with Crippen LogP contribution in [-0.4, -0.2) is 44.6 Å². The summed E-state index contributed by atoms with van der Waals surface area (Å²) in [6, 6.07) is 0. The van der Waals surface area contributed by atoms with Crippen molar-refractivity contribution >= 4 is 5.97 Å². The first kappa shape index (κ1) is 15.2. The largest absolute Gasteiger partial charge is 0.468 e. The van der Waals surface area contributed by atoms with Crippen molar-refractivity contribution in [1.82, 2.24) is 5.32 Å². The number of nitrogens with one attached hydrogen (secondary N) is 1. The van der Waals surface area contributed by atoms with Crippen molar-refractivity contribution in [3.8, 4) is 0 Å². The Bertz CT molecular complexity index is 245. The molecule has 96 valence electrons. The molecule has 2 atom stereocenters. The van der Waals surface area contributed by atoms with Crippen LogP contribution in [0.1, 0.15) is 13.8 Å². The van der Waals surface area contributed by atoms with Gasteiger partial charge in [0, 0.05) is 0 Å². The van der Waals surface area contributed by atoms with Crippen molar-refractivity contribution in [2.24, 2.45) is 0 Å².